The van der Waals surface area contributed by atoms with Crippen LogP contribution in [0, 0.1) is 6.92 Å². The zero-order chi connectivity index (χ0) is 19.4. The number of rotatable bonds is 5. The van der Waals surface area contributed by atoms with Gasteiger partial charge in [-0.25, -0.2) is 0 Å². The maximum atomic E-state index is 12.6. The third kappa shape index (κ3) is 4.49. The van der Waals surface area contributed by atoms with Crippen LogP contribution in [0.15, 0.2) is 71.7 Å². The molecular weight excluding hydrogens is 344 g/mol. The zero-order valence-corrected chi connectivity index (χ0v) is 14.7. The number of aliphatic carboxylic acids is 1. The predicted octanol–water partition coefficient (Wildman–Crippen LogP) is 3.16. The van der Waals surface area contributed by atoms with E-state index in [1.807, 2.05) is 37.3 Å². The van der Waals surface area contributed by atoms with E-state index in [2.05, 4.69) is 5.32 Å². The van der Waals surface area contributed by atoms with Crippen LogP contribution in [0.1, 0.15) is 15.9 Å². The Hall–Kier alpha value is -3.67. The van der Waals surface area contributed by atoms with Gasteiger partial charge in [0.1, 0.15) is 6.54 Å². The minimum absolute atomic E-state index is 0.343. The summed E-state index contributed by atoms with van der Waals surface area (Å²) >= 11 is 0. The molecule has 0 fully saturated rings. The zero-order valence-electron chi connectivity index (χ0n) is 14.7. The number of aromatic nitrogens is 1. The van der Waals surface area contributed by atoms with Gasteiger partial charge in [-0.2, -0.15) is 0 Å². The number of nitrogens with one attached hydrogen (secondary N) is 1. The van der Waals surface area contributed by atoms with Gasteiger partial charge < -0.3 is 15.0 Å². The van der Waals surface area contributed by atoms with E-state index < -0.39 is 18.1 Å². The predicted molar refractivity (Wildman–Crippen MR) is 103 cm³/mol. The fraction of sp³-hybridized carbons (Fsp3) is 0.0952. The molecule has 3 aromatic rings. The van der Waals surface area contributed by atoms with E-state index in [-0.39, 0.29) is 5.91 Å². The SMILES string of the molecule is Cc1ccc(-c2cccc(C(=O)Nc3ccc(=O)n(CC(=O)O)c3)c2)cc1. The number of amides is 1. The van der Waals surface area contributed by atoms with Gasteiger partial charge in [-0.15, -0.1) is 0 Å². The van der Waals surface area contributed by atoms with Gasteiger partial charge in [0.05, 0.1) is 5.69 Å². The quantitative estimate of drug-likeness (QED) is 0.730. The molecule has 27 heavy (non-hydrogen) atoms. The van der Waals surface area contributed by atoms with Crippen molar-refractivity contribution in [3.63, 3.8) is 0 Å². The van der Waals surface area contributed by atoms with Crippen LogP contribution in [0.5, 0.6) is 0 Å². The van der Waals surface area contributed by atoms with Crippen LogP contribution in [0.25, 0.3) is 11.1 Å². The first-order valence-corrected chi connectivity index (χ1v) is 8.33. The Bertz CT molecular complexity index is 1050. The third-order valence-electron chi connectivity index (χ3n) is 4.06. The number of carbonyl (C=O) groups excluding carboxylic acids is 1. The van der Waals surface area contributed by atoms with E-state index in [4.69, 9.17) is 5.11 Å². The summed E-state index contributed by atoms with van der Waals surface area (Å²) in [6.07, 6.45) is 1.32. The summed E-state index contributed by atoms with van der Waals surface area (Å²) in [7, 11) is 0. The van der Waals surface area contributed by atoms with Gasteiger partial charge in [0, 0.05) is 17.8 Å². The average Bonchev–Trinajstić information content (AvgIpc) is 2.65. The minimum atomic E-state index is -1.13. The largest absolute Gasteiger partial charge is 0.480 e. The normalized spacial score (nSPS) is 10.4. The summed E-state index contributed by atoms with van der Waals surface area (Å²) < 4.78 is 1.03. The van der Waals surface area contributed by atoms with E-state index in [0.717, 1.165) is 21.3 Å². The Kier molecular flexibility index (Phi) is 5.17. The molecular formula is C21H18N2O4. The van der Waals surface area contributed by atoms with Crippen LogP contribution in [0.3, 0.4) is 0 Å². The second-order valence-corrected chi connectivity index (χ2v) is 6.18. The van der Waals surface area contributed by atoms with Crippen LogP contribution in [-0.2, 0) is 11.3 Å². The Morgan fingerprint density at radius 3 is 2.44 bits per heavy atom. The first kappa shape index (κ1) is 18.1. The third-order valence-corrected chi connectivity index (χ3v) is 4.06. The highest BCUT2D eigenvalue weighted by Gasteiger charge is 2.10. The Morgan fingerprint density at radius 2 is 1.74 bits per heavy atom. The molecule has 0 spiro atoms. The lowest BCUT2D eigenvalue weighted by Gasteiger charge is -2.09. The lowest BCUT2D eigenvalue weighted by atomic mass is 10.0. The minimum Gasteiger partial charge on any atom is -0.480 e. The van der Waals surface area contributed by atoms with E-state index >= 15 is 0 Å². The molecule has 0 atom stereocenters. The van der Waals surface area contributed by atoms with Crippen LogP contribution in [-0.4, -0.2) is 21.6 Å². The van der Waals surface area contributed by atoms with Crippen molar-refractivity contribution in [3.8, 4) is 11.1 Å². The molecule has 6 nitrogen and oxygen atoms in total. The number of carboxylic acid groups (broad SMARTS) is 1. The molecule has 0 aliphatic carbocycles. The van der Waals surface area contributed by atoms with Crippen molar-refractivity contribution in [2.75, 3.05) is 5.32 Å². The number of benzene rings is 2. The lowest BCUT2D eigenvalue weighted by Crippen LogP contribution is -2.24. The fourth-order valence-electron chi connectivity index (χ4n) is 2.66. The summed E-state index contributed by atoms with van der Waals surface area (Å²) in [6, 6.07) is 17.9. The average molecular weight is 362 g/mol. The van der Waals surface area contributed by atoms with E-state index in [9.17, 15) is 14.4 Å². The number of carbonyl (C=O) groups is 2. The maximum Gasteiger partial charge on any atom is 0.323 e. The number of pyridine rings is 1. The number of carboxylic acids is 1. The maximum absolute atomic E-state index is 12.6. The molecule has 2 aromatic carbocycles. The molecule has 3 rings (SSSR count). The number of anilines is 1. The second kappa shape index (κ2) is 7.70. The molecule has 1 heterocycles. The van der Waals surface area contributed by atoms with Crippen molar-refractivity contribution in [1.82, 2.24) is 4.57 Å². The molecule has 136 valence electrons. The van der Waals surface area contributed by atoms with Crippen molar-refractivity contribution in [2.24, 2.45) is 0 Å². The Balaban J connectivity index is 1.82. The van der Waals surface area contributed by atoms with Gasteiger partial charge in [-0.1, -0.05) is 42.0 Å². The number of nitrogens with zero attached hydrogens (tertiary/aromatic N) is 1. The van der Waals surface area contributed by atoms with E-state index in [1.54, 1.807) is 18.2 Å². The van der Waals surface area contributed by atoms with Gasteiger partial charge in [0.15, 0.2) is 0 Å². The van der Waals surface area contributed by atoms with Crippen LogP contribution in [0.2, 0.25) is 0 Å². The van der Waals surface area contributed by atoms with Crippen molar-refractivity contribution < 1.29 is 14.7 Å². The van der Waals surface area contributed by atoms with Gasteiger partial charge >= 0.3 is 5.97 Å². The highest BCUT2D eigenvalue weighted by atomic mass is 16.4. The smallest absolute Gasteiger partial charge is 0.323 e. The van der Waals surface area contributed by atoms with Crippen molar-refractivity contribution >= 4 is 17.6 Å². The first-order chi connectivity index (χ1) is 12.9. The lowest BCUT2D eigenvalue weighted by molar-refractivity contribution is -0.137. The van der Waals surface area contributed by atoms with E-state index in [1.165, 1.54) is 18.3 Å². The fourth-order valence-corrected chi connectivity index (χ4v) is 2.66. The number of aryl methyl sites for hydroxylation is 1. The summed E-state index contributed by atoms with van der Waals surface area (Å²) in [5.74, 6) is -1.48. The molecule has 0 saturated carbocycles. The molecule has 2 N–H and O–H groups in total. The number of hydrogen-bond donors (Lipinski definition) is 2. The molecule has 0 radical (unpaired) electrons. The molecule has 0 aliphatic heterocycles. The van der Waals surface area contributed by atoms with Crippen molar-refractivity contribution in [2.45, 2.75) is 13.5 Å². The molecule has 0 bridgehead atoms. The van der Waals surface area contributed by atoms with Crippen LogP contribution < -0.4 is 10.9 Å². The monoisotopic (exact) mass is 362 g/mol. The van der Waals surface area contributed by atoms with Gasteiger partial charge in [0.2, 0.25) is 0 Å². The van der Waals surface area contributed by atoms with Gasteiger partial charge in [0.25, 0.3) is 11.5 Å². The first-order valence-electron chi connectivity index (χ1n) is 8.33. The summed E-state index contributed by atoms with van der Waals surface area (Å²) in [6.45, 7) is 1.54. The summed E-state index contributed by atoms with van der Waals surface area (Å²) in [5.41, 5.74) is 3.44. The topological polar surface area (TPSA) is 88.4 Å². The molecule has 1 amide bonds. The van der Waals surface area contributed by atoms with Gasteiger partial charge in [-0.05, 0) is 36.2 Å². The molecule has 6 heteroatoms. The number of hydrogen-bond acceptors (Lipinski definition) is 3. The standard InChI is InChI=1S/C21H18N2O4/c1-14-5-7-15(8-6-14)16-3-2-4-17(11-16)21(27)22-18-9-10-19(24)23(12-18)13-20(25)26/h2-12H,13H2,1H3,(H,22,27)(H,25,26). The van der Waals surface area contributed by atoms with Crippen LogP contribution >= 0.6 is 0 Å². The highest BCUT2D eigenvalue weighted by molar-refractivity contribution is 6.04. The van der Waals surface area contributed by atoms with Gasteiger partial charge in [-0.3, -0.25) is 14.4 Å². The second-order valence-electron chi connectivity index (χ2n) is 6.18. The Labute approximate surface area is 155 Å². The molecule has 0 unspecified atom stereocenters. The molecule has 0 aliphatic rings. The summed E-state index contributed by atoms with van der Waals surface area (Å²) in [5, 5.41) is 11.5. The van der Waals surface area contributed by atoms with Crippen molar-refractivity contribution in [1.29, 1.82) is 0 Å². The molecule has 1 aromatic heterocycles. The molecule has 0 saturated heterocycles. The van der Waals surface area contributed by atoms with Crippen LogP contribution in [0.4, 0.5) is 5.69 Å². The highest BCUT2D eigenvalue weighted by Crippen LogP contribution is 2.21. The van der Waals surface area contributed by atoms with Crippen molar-refractivity contribution in [3.05, 3.63) is 88.3 Å². The Morgan fingerprint density at radius 1 is 1.00 bits per heavy atom. The summed E-state index contributed by atoms with van der Waals surface area (Å²) in [4.78, 5) is 35.1. The van der Waals surface area contributed by atoms with E-state index in [0.29, 0.717) is 11.3 Å².